The summed E-state index contributed by atoms with van der Waals surface area (Å²) in [6.45, 7) is 2.78. The van der Waals surface area contributed by atoms with E-state index in [0.717, 1.165) is 34.0 Å². The highest BCUT2D eigenvalue weighted by Crippen LogP contribution is 2.30. The number of carbonyl (C=O) groups is 2. The van der Waals surface area contributed by atoms with Gasteiger partial charge in [-0.25, -0.2) is 9.71 Å². The Morgan fingerprint density at radius 3 is 2.18 bits per heavy atom. The maximum Gasteiger partial charge on any atom is 0.278 e. The number of ether oxygens (including phenoxy) is 2. The molecule has 0 aliphatic carbocycles. The van der Waals surface area contributed by atoms with Crippen LogP contribution in [-0.2, 0) is 23.2 Å². The van der Waals surface area contributed by atoms with Gasteiger partial charge in [-0.3, -0.25) is 9.59 Å². The second-order valence-corrected chi connectivity index (χ2v) is 11.6. The quantitative estimate of drug-likeness (QED) is 0.328. The van der Waals surface area contributed by atoms with Crippen molar-refractivity contribution < 1.29 is 27.5 Å². The fourth-order valence-corrected chi connectivity index (χ4v) is 4.68. The maximum atomic E-state index is 13.4. The largest absolute Gasteiger partial charge is 0.496 e. The van der Waals surface area contributed by atoms with Crippen LogP contribution in [0.3, 0.4) is 0 Å². The Kier molecular flexibility index (Phi) is 12.5. The number of hydrogen-bond acceptors (Lipinski definition) is 8. The second kappa shape index (κ2) is 15.3. The van der Waals surface area contributed by atoms with E-state index in [1.807, 2.05) is 25.1 Å². The highest BCUT2D eigenvalue weighted by molar-refractivity contribution is 7.87. The van der Waals surface area contributed by atoms with E-state index in [1.165, 1.54) is 38.0 Å². The van der Waals surface area contributed by atoms with E-state index in [1.54, 1.807) is 36.6 Å². The first-order valence-electron chi connectivity index (χ1n) is 12.1. The van der Waals surface area contributed by atoms with E-state index >= 15 is 0 Å². The molecule has 1 aromatic heterocycles. The van der Waals surface area contributed by atoms with Crippen molar-refractivity contribution in [1.29, 1.82) is 0 Å². The second-order valence-electron chi connectivity index (χ2n) is 8.60. The molecule has 0 fully saturated rings. The maximum absolute atomic E-state index is 13.4. The van der Waals surface area contributed by atoms with Crippen LogP contribution in [0.15, 0.2) is 47.8 Å². The summed E-state index contributed by atoms with van der Waals surface area (Å²) in [5.41, 5.74) is 2.94. The zero-order valence-corrected chi connectivity index (χ0v) is 24.8. The smallest absolute Gasteiger partial charge is 0.278 e. The molecule has 12 heteroatoms. The zero-order chi connectivity index (χ0) is 29.0. The summed E-state index contributed by atoms with van der Waals surface area (Å²) < 4.78 is 35.1. The fraction of sp³-hybridized carbons (Fsp3) is 0.370. The van der Waals surface area contributed by atoms with Crippen LogP contribution >= 0.6 is 11.3 Å². The molecule has 39 heavy (non-hydrogen) atoms. The summed E-state index contributed by atoms with van der Waals surface area (Å²) in [6.07, 6.45) is 2.39. The molecule has 0 saturated carbocycles. The van der Waals surface area contributed by atoms with Gasteiger partial charge >= 0.3 is 0 Å². The summed E-state index contributed by atoms with van der Waals surface area (Å²) >= 11 is 1.38. The van der Waals surface area contributed by atoms with E-state index < -0.39 is 10.2 Å². The Labute approximate surface area is 234 Å². The molecule has 2 aromatic carbocycles. The summed E-state index contributed by atoms with van der Waals surface area (Å²) in [5.74, 6) is 1.07. The van der Waals surface area contributed by atoms with Gasteiger partial charge in [0, 0.05) is 44.2 Å². The molecule has 1 amide bonds. The predicted molar refractivity (Wildman–Crippen MR) is 153 cm³/mol. The molecule has 0 bridgehead atoms. The number of carbonyl (C=O) groups excluding carboxylic acids is 2. The standard InChI is InChI=1S/C24H26N2O4S.C3H10N2O2S/c1-17-21(29-2)12-19(13-22(17)30-3)24(28)26(14-23-25-20(15-27)16-31-23)11-7-10-18-8-5-4-6-9-18;1-4-8(6,7)5(2)3/h4-6,8-9,12-13,15-16H,7,10-11,14H2,1-3H3;4H,1-3H3. The zero-order valence-electron chi connectivity index (χ0n) is 23.1. The van der Waals surface area contributed by atoms with Gasteiger partial charge in [-0.15, -0.1) is 11.3 Å². The molecule has 1 heterocycles. The van der Waals surface area contributed by atoms with E-state index in [-0.39, 0.29) is 5.91 Å². The van der Waals surface area contributed by atoms with Gasteiger partial charge in [0.1, 0.15) is 22.2 Å². The van der Waals surface area contributed by atoms with Crippen molar-refractivity contribution in [3.63, 3.8) is 0 Å². The Morgan fingerprint density at radius 1 is 1.10 bits per heavy atom. The molecular formula is C27H36N4O6S2. The third-order valence-electron chi connectivity index (χ3n) is 5.78. The molecule has 1 N–H and O–H groups in total. The molecule has 10 nitrogen and oxygen atoms in total. The van der Waals surface area contributed by atoms with Crippen LogP contribution in [0.25, 0.3) is 0 Å². The normalized spacial score (nSPS) is 10.9. The van der Waals surface area contributed by atoms with Crippen LogP contribution in [0.4, 0.5) is 0 Å². The lowest BCUT2D eigenvalue weighted by atomic mass is 10.1. The monoisotopic (exact) mass is 576 g/mol. The van der Waals surface area contributed by atoms with Gasteiger partial charge in [-0.1, -0.05) is 30.3 Å². The number of aldehydes is 1. The first-order chi connectivity index (χ1) is 18.6. The number of aryl methyl sites for hydroxylation is 1. The average Bonchev–Trinajstić information content (AvgIpc) is 3.40. The number of benzene rings is 2. The van der Waals surface area contributed by atoms with Crippen molar-refractivity contribution in [2.75, 3.05) is 41.9 Å². The molecule has 0 aliphatic heterocycles. The van der Waals surface area contributed by atoms with Crippen molar-refractivity contribution in [2.45, 2.75) is 26.3 Å². The van der Waals surface area contributed by atoms with Gasteiger partial charge in [-0.2, -0.15) is 12.7 Å². The van der Waals surface area contributed by atoms with Crippen molar-refractivity contribution in [1.82, 2.24) is 18.9 Å². The van der Waals surface area contributed by atoms with E-state index in [4.69, 9.17) is 9.47 Å². The number of hydrogen-bond donors (Lipinski definition) is 1. The summed E-state index contributed by atoms with van der Waals surface area (Å²) in [6, 6.07) is 13.7. The third kappa shape index (κ3) is 9.43. The van der Waals surface area contributed by atoms with Crippen LogP contribution in [0.2, 0.25) is 0 Å². The van der Waals surface area contributed by atoms with Crippen LogP contribution in [0, 0.1) is 6.92 Å². The molecular weight excluding hydrogens is 540 g/mol. The number of aromatic nitrogens is 1. The molecule has 212 valence electrons. The Bertz CT molecular complexity index is 1300. The van der Waals surface area contributed by atoms with Crippen LogP contribution in [0.1, 0.15) is 43.4 Å². The Hall–Kier alpha value is -3.32. The molecule has 3 rings (SSSR count). The third-order valence-corrected chi connectivity index (χ3v) is 8.11. The van der Waals surface area contributed by atoms with Crippen molar-refractivity contribution >= 4 is 33.7 Å². The van der Waals surface area contributed by atoms with E-state index in [0.29, 0.717) is 35.8 Å². The molecule has 0 radical (unpaired) electrons. The number of thiazole rings is 1. The Balaban J connectivity index is 0.000000580. The molecule has 0 spiro atoms. The summed E-state index contributed by atoms with van der Waals surface area (Å²) in [7, 11) is 4.29. The number of amides is 1. The van der Waals surface area contributed by atoms with Crippen LogP contribution in [0.5, 0.6) is 11.5 Å². The molecule has 0 atom stereocenters. The van der Waals surface area contributed by atoms with Gasteiger partial charge in [0.15, 0.2) is 6.29 Å². The molecule has 3 aromatic rings. The topological polar surface area (TPSA) is 118 Å². The average molecular weight is 577 g/mol. The van der Waals surface area contributed by atoms with Crippen LogP contribution < -0.4 is 14.2 Å². The fourth-order valence-electron chi connectivity index (χ4n) is 3.56. The van der Waals surface area contributed by atoms with Gasteiger partial charge in [-0.05, 0) is 37.5 Å². The first-order valence-corrected chi connectivity index (χ1v) is 14.4. The van der Waals surface area contributed by atoms with E-state index in [2.05, 4.69) is 21.8 Å². The van der Waals surface area contributed by atoms with Crippen molar-refractivity contribution in [3.8, 4) is 11.5 Å². The summed E-state index contributed by atoms with van der Waals surface area (Å²) in [4.78, 5) is 30.5. The van der Waals surface area contributed by atoms with Crippen molar-refractivity contribution in [2.24, 2.45) is 0 Å². The SMILES string of the molecule is CNS(=O)(=O)N(C)C.COc1cc(C(=O)N(CCCc2ccccc2)Cc2nc(C=O)cs2)cc(OC)c1C. The molecule has 0 aliphatic rings. The van der Waals surface area contributed by atoms with Gasteiger partial charge in [0.25, 0.3) is 16.1 Å². The van der Waals surface area contributed by atoms with Crippen LogP contribution in [-0.4, -0.2) is 76.7 Å². The first kappa shape index (κ1) is 31.9. The van der Waals surface area contributed by atoms with E-state index in [9.17, 15) is 18.0 Å². The highest BCUT2D eigenvalue weighted by atomic mass is 32.2. The Morgan fingerprint density at radius 2 is 1.72 bits per heavy atom. The van der Waals surface area contributed by atoms with Gasteiger partial charge in [0.2, 0.25) is 0 Å². The number of rotatable bonds is 12. The van der Waals surface area contributed by atoms with Gasteiger partial charge in [0.05, 0.1) is 20.8 Å². The highest BCUT2D eigenvalue weighted by Gasteiger charge is 2.21. The van der Waals surface area contributed by atoms with Crippen molar-refractivity contribution in [3.05, 3.63) is 75.2 Å². The lowest BCUT2D eigenvalue weighted by Crippen LogP contribution is -2.32. The molecule has 0 unspecified atom stereocenters. The number of nitrogens with zero attached hydrogens (tertiary/aromatic N) is 3. The van der Waals surface area contributed by atoms with Gasteiger partial charge < -0.3 is 14.4 Å². The molecule has 0 saturated heterocycles. The minimum atomic E-state index is -3.15. The lowest BCUT2D eigenvalue weighted by molar-refractivity contribution is 0.0740. The minimum absolute atomic E-state index is 0.132. The lowest BCUT2D eigenvalue weighted by Gasteiger charge is -2.23. The summed E-state index contributed by atoms with van der Waals surface area (Å²) in [5, 5.41) is 2.42. The predicted octanol–water partition coefficient (Wildman–Crippen LogP) is 3.57. The number of methoxy groups -OCH3 is 2. The minimum Gasteiger partial charge on any atom is -0.496 e. The number of nitrogens with one attached hydrogen (secondary N) is 1.